The molecule has 1 aliphatic heterocycles. The maximum atomic E-state index is 13.6. The smallest absolute Gasteiger partial charge is 0.126 e. The molecule has 94 valence electrons. The van der Waals surface area contributed by atoms with Crippen LogP contribution in [0.2, 0.25) is 5.02 Å². The maximum Gasteiger partial charge on any atom is 0.126 e. The van der Waals surface area contributed by atoms with Crippen molar-refractivity contribution in [2.24, 2.45) is 0 Å². The Morgan fingerprint density at radius 1 is 1.35 bits per heavy atom. The fraction of sp³-hybridized carbons (Fsp3) is 0.538. The van der Waals surface area contributed by atoms with Crippen molar-refractivity contribution in [2.45, 2.75) is 19.9 Å². The van der Waals surface area contributed by atoms with E-state index in [0.29, 0.717) is 10.6 Å². The highest BCUT2D eigenvalue weighted by atomic mass is 35.5. The molecule has 1 aliphatic rings. The van der Waals surface area contributed by atoms with E-state index in [-0.39, 0.29) is 11.9 Å². The zero-order chi connectivity index (χ0) is 12.4. The molecule has 2 nitrogen and oxygen atoms in total. The first-order valence-electron chi connectivity index (χ1n) is 6.00. The minimum absolute atomic E-state index is 0.166. The fourth-order valence-corrected chi connectivity index (χ4v) is 2.62. The van der Waals surface area contributed by atoms with Crippen LogP contribution in [0.5, 0.6) is 0 Å². The molecule has 0 saturated carbocycles. The van der Waals surface area contributed by atoms with Gasteiger partial charge in [0.2, 0.25) is 0 Å². The molecule has 1 unspecified atom stereocenters. The van der Waals surface area contributed by atoms with E-state index in [0.717, 1.165) is 31.7 Å². The number of halogens is 2. The minimum atomic E-state index is -0.175. The quantitative estimate of drug-likeness (QED) is 0.875. The molecule has 0 amide bonds. The van der Waals surface area contributed by atoms with Crippen molar-refractivity contribution in [1.29, 1.82) is 0 Å². The Hall–Kier alpha value is -0.640. The Labute approximate surface area is 107 Å². The van der Waals surface area contributed by atoms with E-state index in [2.05, 4.69) is 17.1 Å². The summed E-state index contributed by atoms with van der Waals surface area (Å²) in [5.74, 6) is -0.175. The SMILES string of the molecule is Cc1cc(Cl)c(C(C)N2CCNCC2)cc1F. The van der Waals surface area contributed by atoms with Gasteiger partial charge in [-0.2, -0.15) is 0 Å². The van der Waals surface area contributed by atoms with Gasteiger partial charge in [-0.1, -0.05) is 11.6 Å². The predicted molar refractivity (Wildman–Crippen MR) is 69.0 cm³/mol. The van der Waals surface area contributed by atoms with Gasteiger partial charge in [-0.25, -0.2) is 4.39 Å². The summed E-state index contributed by atoms with van der Waals surface area (Å²) >= 11 is 6.21. The van der Waals surface area contributed by atoms with Gasteiger partial charge in [-0.3, -0.25) is 4.90 Å². The van der Waals surface area contributed by atoms with Crippen molar-refractivity contribution >= 4 is 11.6 Å². The molecule has 1 aromatic carbocycles. The first kappa shape index (κ1) is 12.8. The van der Waals surface area contributed by atoms with Crippen LogP contribution in [-0.2, 0) is 0 Å². The standard InChI is InChI=1S/C13H18ClFN2/c1-9-7-12(14)11(8-13(9)15)10(2)17-5-3-16-4-6-17/h7-8,10,16H,3-6H2,1-2H3. The van der Waals surface area contributed by atoms with E-state index in [1.54, 1.807) is 19.1 Å². The van der Waals surface area contributed by atoms with Crippen LogP contribution in [-0.4, -0.2) is 31.1 Å². The first-order chi connectivity index (χ1) is 8.09. The predicted octanol–water partition coefficient (Wildman–Crippen LogP) is 2.75. The van der Waals surface area contributed by atoms with Gasteiger partial charge in [0.05, 0.1) is 0 Å². The summed E-state index contributed by atoms with van der Waals surface area (Å²) < 4.78 is 13.6. The van der Waals surface area contributed by atoms with E-state index in [1.165, 1.54) is 0 Å². The van der Waals surface area contributed by atoms with Crippen LogP contribution >= 0.6 is 11.6 Å². The summed E-state index contributed by atoms with van der Waals surface area (Å²) in [7, 11) is 0. The third-order valence-corrected chi connectivity index (χ3v) is 3.75. The lowest BCUT2D eigenvalue weighted by atomic mass is 10.0. The topological polar surface area (TPSA) is 15.3 Å². The van der Waals surface area contributed by atoms with E-state index in [4.69, 9.17) is 11.6 Å². The van der Waals surface area contributed by atoms with Crippen LogP contribution in [0.15, 0.2) is 12.1 Å². The molecule has 17 heavy (non-hydrogen) atoms. The van der Waals surface area contributed by atoms with Crippen molar-refractivity contribution in [3.63, 3.8) is 0 Å². The van der Waals surface area contributed by atoms with Crippen molar-refractivity contribution in [2.75, 3.05) is 26.2 Å². The molecule has 1 aromatic rings. The zero-order valence-electron chi connectivity index (χ0n) is 10.3. The van der Waals surface area contributed by atoms with Gasteiger partial charge in [0, 0.05) is 37.2 Å². The average Bonchev–Trinajstić information content (AvgIpc) is 2.34. The van der Waals surface area contributed by atoms with Gasteiger partial charge in [0.15, 0.2) is 0 Å². The Balaban J connectivity index is 2.23. The average molecular weight is 257 g/mol. The van der Waals surface area contributed by atoms with Gasteiger partial charge in [-0.15, -0.1) is 0 Å². The Bertz CT molecular complexity index is 403. The number of hydrogen-bond donors (Lipinski definition) is 1. The maximum absolute atomic E-state index is 13.6. The highest BCUT2D eigenvalue weighted by Gasteiger charge is 2.20. The van der Waals surface area contributed by atoms with Gasteiger partial charge in [0.25, 0.3) is 0 Å². The molecule has 1 N–H and O–H groups in total. The molecule has 0 radical (unpaired) electrons. The monoisotopic (exact) mass is 256 g/mol. The molecule has 1 fully saturated rings. The molecular formula is C13H18ClFN2. The van der Waals surface area contributed by atoms with Crippen LogP contribution in [0.1, 0.15) is 24.1 Å². The van der Waals surface area contributed by atoms with Crippen molar-refractivity contribution in [3.8, 4) is 0 Å². The minimum Gasteiger partial charge on any atom is -0.314 e. The van der Waals surface area contributed by atoms with E-state index < -0.39 is 0 Å². The molecule has 2 rings (SSSR count). The highest BCUT2D eigenvalue weighted by Crippen LogP contribution is 2.29. The zero-order valence-corrected chi connectivity index (χ0v) is 11.0. The summed E-state index contributed by atoms with van der Waals surface area (Å²) in [4.78, 5) is 2.33. The largest absolute Gasteiger partial charge is 0.314 e. The third kappa shape index (κ3) is 2.79. The second-order valence-corrected chi connectivity index (χ2v) is 4.99. The number of benzene rings is 1. The number of hydrogen-bond acceptors (Lipinski definition) is 2. The summed E-state index contributed by atoms with van der Waals surface area (Å²) in [6.45, 7) is 7.74. The van der Waals surface area contributed by atoms with E-state index in [1.807, 2.05) is 0 Å². The Morgan fingerprint density at radius 2 is 2.00 bits per heavy atom. The molecule has 0 aromatic heterocycles. The highest BCUT2D eigenvalue weighted by molar-refractivity contribution is 6.31. The lowest BCUT2D eigenvalue weighted by molar-refractivity contribution is 0.185. The van der Waals surface area contributed by atoms with Gasteiger partial charge >= 0.3 is 0 Å². The number of piperazine rings is 1. The first-order valence-corrected chi connectivity index (χ1v) is 6.37. The number of aryl methyl sites for hydroxylation is 1. The summed E-state index contributed by atoms with van der Waals surface area (Å²) in [6.07, 6.45) is 0. The summed E-state index contributed by atoms with van der Waals surface area (Å²) in [5.41, 5.74) is 1.49. The van der Waals surface area contributed by atoms with Gasteiger partial charge < -0.3 is 5.32 Å². The van der Waals surface area contributed by atoms with E-state index in [9.17, 15) is 4.39 Å². The fourth-order valence-electron chi connectivity index (χ4n) is 2.25. The van der Waals surface area contributed by atoms with Crippen molar-refractivity contribution in [1.82, 2.24) is 10.2 Å². The second-order valence-electron chi connectivity index (χ2n) is 4.58. The molecule has 0 bridgehead atoms. The Morgan fingerprint density at radius 3 is 2.65 bits per heavy atom. The molecule has 1 saturated heterocycles. The van der Waals surface area contributed by atoms with Crippen LogP contribution < -0.4 is 5.32 Å². The molecular weight excluding hydrogens is 239 g/mol. The number of rotatable bonds is 2. The third-order valence-electron chi connectivity index (χ3n) is 3.43. The Kier molecular flexibility index (Phi) is 4.02. The molecule has 1 atom stereocenters. The molecule has 0 spiro atoms. The number of nitrogens with zero attached hydrogens (tertiary/aromatic N) is 1. The second kappa shape index (κ2) is 5.34. The van der Waals surface area contributed by atoms with Gasteiger partial charge in [0.1, 0.15) is 5.82 Å². The molecule has 1 heterocycles. The summed E-state index contributed by atoms with van der Waals surface area (Å²) in [5, 5.41) is 3.97. The van der Waals surface area contributed by atoms with E-state index >= 15 is 0 Å². The number of nitrogens with one attached hydrogen (secondary N) is 1. The van der Waals surface area contributed by atoms with Crippen LogP contribution in [0.4, 0.5) is 4.39 Å². The molecule has 0 aliphatic carbocycles. The normalized spacial score (nSPS) is 19.3. The van der Waals surface area contributed by atoms with Crippen molar-refractivity contribution in [3.05, 3.63) is 34.1 Å². The lowest BCUT2D eigenvalue weighted by Gasteiger charge is -2.33. The van der Waals surface area contributed by atoms with Crippen molar-refractivity contribution < 1.29 is 4.39 Å². The van der Waals surface area contributed by atoms with Crippen LogP contribution in [0, 0.1) is 12.7 Å². The lowest BCUT2D eigenvalue weighted by Crippen LogP contribution is -2.44. The summed E-state index contributed by atoms with van der Waals surface area (Å²) in [6, 6.07) is 3.45. The van der Waals surface area contributed by atoms with Gasteiger partial charge in [-0.05, 0) is 37.1 Å². The van der Waals surface area contributed by atoms with Crippen LogP contribution in [0.25, 0.3) is 0 Å². The van der Waals surface area contributed by atoms with Crippen LogP contribution in [0.3, 0.4) is 0 Å². The molecule has 4 heteroatoms.